The standard InChI is InChI=1S/C11H20N4O2/c1-7(2)13-11(17)14-8-3-10(16)15(6-8)9-4-12-5-9/h7-9,12H,3-6H2,1-2H3,(H2,13,14,17). The number of nitrogens with zero attached hydrogens (tertiary/aromatic N) is 1. The van der Waals surface area contributed by atoms with Crippen LogP contribution in [0.4, 0.5) is 4.79 Å². The highest BCUT2D eigenvalue weighted by Crippen LogP contribution is 2.16. The summed E-state index contributed by atoms with van der Waals surface area (Å²) in [5.41, 5.74) is 0. The van der Waals surface area contributed by atoms with Crippen LogP contribution in [0.2, 0.25) is 0 Å². The smallest absolute Gasteiger partial charge is 0.315 e. The van der Waals surface area contributed by atoms with Gasteiger partial charge in [0.25, 0.3) is 0 Å². The third kappa shape index (κ3) is 2.88. The maximum Gasteiger partial charge on any atom is 0.315 e. The molecule has 17 heavy (non-hydrogen) atoms. The SMILES string of the molecule is CC(C)NC(=O)NC1CC(=O)N(C2CNC2)C1. The first-order valence-electron chi connectivity index (χ1n) is 6.13. The second-order valence-corrected chi connectivity index (χ2v) is 5.03. The minimum atomic E-state index is -0.189. The Morgan fingerprint density at radius 2 is 2.18 bits per heavy atom. The summed E-state index contributed by atoms with van der Waals surface area (Å²) >= 11 is 0. The lowest BCUT2D eigenvalue weighted by Crippen LogP contribution is -2.58. The van der Waals surface area contributed by atoms with Crippen molar-refractivity contribution in [1.29, 1.82) is 0 Å². The van der Waals surface area contributed by atoms with Gasteiger partial charge in [-0.3, -0.25) is 4.79 Å². The normalized spacial score (nSPS) is 25.0. The van der Waals surface area contributed by atoms with Crippen molar-refractivity contribution in [2.75, 3.05) is 19.6 Å². The lowest BCUT2D eigenvalue weighted by atomic mass is 10.1. The molecular weight excluding hydrogens is 220 g/mol. The lowest BCUT2D eigenvalue weighted by Gasteiger charge is -2.35. The van der Waals surface area contributed by atoms with Gasteiger partial charge >= 0.3 is 6.03 Å². The molecule has 0 saturated carbocycles. The average Bonchev–Trinajstić information content (AvgIpc) is 2.42. The Labute approximate surface area is 101 Å². The van der Waals surface area contributed by atoms with Gasteiger partial charge in [-0.15, -0.1) is 0 Å². The number of amides is 3. The second kappa shape index (κ2) is 4.91. The van der Waals surface area contributed by atoms with Gasteiger partial charge in [-0.25, -0.2) is 4.79 Å². The van der Waals surface area contributed by atoms with E-state index >= 15 is 0 Å². The van der Waals surface area contributed by atoms with Gasteiger partial charge in [-0.2, -0.15) is 0 Å². The van der Waals surface area contributed by atoms with Crippen LogP contribution in [0.1, 0.15) is 20.3 Å². The van der Waals surface area contributed by atoms with Gasteiger partial charge in [-0.1, -0.05) is 0 Å². The molecule has 0 bridgehead atoms. The molecule has 96 valence electrons. The number of likely N-dealkylation sites (tertiary alicyclic amines) is 1. The van der Waals surface area contributed by atoms with Gasteiger partial charge in [0, 0.05) is 32.1 Å². The molecule has 0 aromatic heterocycles. The van der Waals surface area contributed by atoms with Gasteiger partial charge in [0.05, 0.1) is 12.1 Å². The molecule has 2 heterocycles. The van der Waals surface area contributed by atoms with E-state index in [1.165, 1.54) is 0 Å². The topological polar surface area (TPSA) is 73.5 Å². The average molecular weight is 240 g/mol. The zero-order chi connectivity index (χ0) is 12.4. The number of rotatable bonds is 3. The second-order valence-electron chi connectivity index (χ2n) is 5.03. The summed E-state index contributed by atoms with van der Waals surface area (Å²) in [6, 6.07) is 0.190. The van der Waals surface area contributed by atoms with E-state index in [-0.39, 0.29) is 24.0 Å². The van der Waals surface area contributed by atoms with Crippen molar-refractivity contribution in [1.82, 2.24) is 20.9 Å². The molecule has 2 aliphatic rings. The summed E-state index contributed by atoms with van der Waals surface area (Å²) in [6.07, 6.45) is 0.419. The number of urea groups is 1. The molecule has 0 aromatic rings. The molecule has 1 unspecified atom stereocenters. The lowest BCUT2D eigenvalue weighted by molar-refractivity contribution is -0.130. The van der Waals surface area contributed by atoms with Crippen molar-refractivity contribution in [3.63, 3.8) is 0 Å². The van der Waals surface area contributed by atoms with Crippen LogP contribution >= 0.6 is 0 Å². The highest BCUT2D eigenvalue weighted by atomic mass is 16.2. The van der Waals surface area contributed by atoms with Gasteiger partial charge in [-0.05, 0) is 13.8 Å². The molecule has 2 saturated heterocycles. The van der Waals surface area contributed by atoms with Crippen molar-refractivity contribution in [2.45, 2.75) is 38.4 Å². The minimum Gasteiger partial charge on any atom is -0.336 e. The van der Waals surface area contributed by atoms with Crippen LogP contribution in [0, 0.1) is 0 Å². The molecule has 3 N–H and O–H groups in total. The number of hydrogen-bond acceptors (Lipinski definition) is 3. The fourth-order valence-corrected chi connectivity index (χ4v) is 2.16. The van der Waals surface area contributed by atoms with Crippen LogP contribution in [-0.2, 0) is 4.79 Å². The van der Waals surface area contributed by atoms with Crippen molar-refractivity contribution < 1.29 is 9.59 Å². The molecule has 6 heteroatoms. The van der Waals surface area contributed by atoms with Gasteiger partial charge in [0.2, 0.25) is 5.91 Å². The fraction of sp³-hybridized carbons (Fsp3) is 0.818. The third-order valence-electron chi connectivity index (χ3n) is 3.11. The fourth-order valence-electron chi connectivity index (χ4n) is 2.16. The zero-order valence-corrected chi connectivity index (χ0v) is 10.3. The summed E-state index contributed by atoms with van der Waals surface area (Å²) in [4.78, 5) is 25.1. The molecular formula is C11H20N4O2. The van der Waals surface area contributed by atoms with Gasteiger partial charge < -0.3 is 20.9 Å². The molecule has 2 fully saturated rings. The predicted octanol–water partition coefficient (Wildman–Crippen LogP) is -0.733. The van der Waals surface area contributed by atoms with Gasteiger partial charge in [0.15, 0.2) is 0 Å². The van der Waals surface area contributed by atoms with E-state index in [2.05, 4.69) is 16.0 Å². The molecule has 0 radical (unpaired) electrons. The summed E-state index contributed by atoms with van der Waals surface area (Å²) in [6.45, 7) is 6.20. The Kier molecular flexibility index (Phi) is 3.51. The van der Waals surface area contributed by atoms with Crippen LogP contribution in [0.15, 0.2) is 0 Å². The van der Waals surface area contributed by atoms with E-state index in [0.717, 1.165) is 13.1 Å². The number of nitrogens with one attached hydrogen (secondary N) is 3. The maximum absolute atomic E-state index is 11.7. The van der Waals surface area contributed by atoms with E-state index in [9.17, 15) is 9.59 Å². The highest BCUT2D eigenvalue weighted by molar-refractivity contribution is 5.82. The van der Waals surface area contributed by atoms with Crippen molar-refractivity contribution in [3.05, 3.63) is 0 Å². The summed E-state index contributed by atoms with van der Waals surface area (Å²) in [5, 5.41) is 8.75. The van der Waals surface area contributed by atoms with Crippen LogP contribution in [0.5, 0.6) is 0 Å². The Morgan fingerprint density at radius 3 is 2.71 bits per heavy atom. The number of hydrogen-bond donors (Lipinski definition) is 3. The van der Waals surface area contributed by atoms with E-state index in [1.807, 2.05) is 18.7 Å². The van der Waals surface area contributed by atoms with E-state index in [4.69, 9.17) is 0 Å². The first-order chi connectivity index (χ1) is 8.06. The molecule has 0 spiro atoms. The van der Waals surface area contributed by atoms with Gasteiger partial charge in [0.1, 0.15) is 0 Å². The molecule has 2 rings (SSSR count). The monoisotopic (exact) mass is 240 g/mol. The summed E-state index contributed by atoms with van der Waals surface area (Å²) in [7, 11) is 0. The van der Waals surface area contributed by atoms with Crippen molar-refractivity contribution in [2.24, 2.45) is 0 Å². The minimum absolute atomic E-state index is 0.0538. The maximum atomic E-state index is 11.7. The summed E-state index contributed by atoms with van der Waals surface area (Å²) < 4.78 is 0. The third-order valence-corrected chi connectivity index (χ3v) is 3.11. The van der Waals surface area contributed by atoms with Crippen LogP contribution in [0.3, 0.4) is 0 Å². The quantitative estimate of drug-likeness (QED) is 0.609. The molecule has 3 amide bonds. The number of carbonyl (C=O) groups is 2. The molecule has 6 nitrogen and oxygen atoms in total. The largest absolute Gasteiger partial charge is 0.336 e. The van der Waals surface area contributed by atoms with Crippen molar-refractivity contribution >= 4 is 11.9 Å². The molecule has 0 aromatic carbocycles. The Balaban J connectivity index is 1.80. The highest BCUT2D eigenvalue weighted by Gasteiger charge is 2.37. The first kappa shape index (κ1) is 12.2. The first-order valence-corrected chi connectivity index (χ1v) is 6.13. The molecule has 2 aliphatic heterocycles. The Morgan fingerprint density at radius 1 is 1.47 bits per heavy atom. The zero-order valence-electron chi connectivity index (χ0n) is 10.3. The van der Waals surface area contributed by atoms with Crippen LogP contribution < -0.4 is 16.0 Å². The number of carbonyl (C=O) groups excluding carboxylic acids is 2. The Hall–Kier alpha value is -1.30. The van der Waals surface area contributed by atoms with Crippen LogP contribution in [0.25, 0.3) is 0 Å². The Bertz CT molecular complexity index is 315. The molecule has 1 atom stereocenters. The van der Waals surface area contributed by atoms with Crippen LogP contribution in [-0.4, -0.2) is 54.6 Å². The van der Waals surface area contributed by atoms with E-state index in [0.29, 0.717) is 19.0 Å². The summed E-state index contributed by atoms with van der Waals surface area (Å²) in [5.74, 6) is 0.145. The molecule has 0 aliphatic carbocycles. The van der Waals surface area contributed by atoms with E-state index in [1.54, 1.807) is 0 Å². The predicted molar refractivity (Wildman–Crippen MR) is 63.6 cm³/mol. The van der Waals surface area contributed by atoms with Crippen molar-refractivity contribution in [3.8, 4) is 0 Å². The van der Waals surface area contributed by atoms with E-state index < -0.39 is 0 Å².